The quantitative estimate of drug-likeness (QED) is 0.587. The van der Waals surface area contributed by atoms with E-state index in [2.05, 4.69) is 47.6 Å². The Morgan fingerprint density at radius 2 is 1.97 bits per heavy atom. The minimum Gasteiger partial charge on any atom is -0.494 e. The van der Waals surface area contributed by atoms with Crippen molar-refractivity contribution in [2.24, 2.45) is 0 Å². The van der Waals surface area contributed by atoms with Gasteiger partial charge in [0.15, 0.2) is 0 Å². The number of urea groups is 1. The fourth-order valence-electron chi connectivity index (χ4n) is 3.68. The highest BCUT2D eigenvalue weighted by Crippen LogP contribution is 2.27. The van der Waals surface area contributed by atoms with Gasteiger partial charge in [0.25, 0.3) is 0 Å². The Morgan fingerprint density at radius 3 is 2.72 bits per heavy atom. The third kappa shape index (κ3) is 6.14. The summed E-state index contributed by atoms with van der Waals surface area (Å²) in [4.78, 5) is 14.6. The van der Waals surface area contributed by atoms with Gasteiger partial charge < -0.3 is 20.3 Å². The highest BCUT2D eigenvalue weighted by molar-refractivity contribution is 5.89. The van der Waals surface area contributed by atoms with Crippen LogP contribution in [0.25, 0.3) is 0 Å². The molecule has 2 aromatic rings. The number of carbonyl (C=O) groups is 1. The van der Waals surface area contributed by atoms with Crippen LogP contribution in [0.3, 0.4) is 0 Å². The van der Waals surface area contributed by atoms with Gasteiger partial charge in [0.05, 0.1) is 6.61 Å². The summed E-state index contributed by atoms with van der Waals surface area (Å²) in [6.07, 6.45) is 5.35. The molecule has 0 saturated heterocycles. The first-order valence-electron chi connectivity index (χ1n) is 10.8. The van der Waals surface area contributed by atoms with Gasteiger partial charge in [-0.1, -0.05) is 25.5 Å². The number of hydrogen-bond acceptors (Lipinski definition) is 3. The molecule has 0 saturated carbocycles. The number of amides is 2. The first-order valence-corrected chi connectivity index (χ1v) is 10.8. The van der Waals surface area contributed by atoms with Crippen LogP contribution in [0.2, 0.25) is 0 Å². The molecular weight excluding hydrogens is 362 g/mol. The van der Waals surface area contributed by atoms with E-state index < -0.39 is 0 Å². The minimum atomic E-state index is -0.181. The van der Waals surface area contributed by atoms with Gasteiger partial charge in [-0.25, -0.2) is 4.79 Å². The number of nitrogens with zero attached hydrogens (tertiary/aromatic N) is 1. The molecule has 0 aromatic heterocycles. The van der Waals surface area contributed by atoms with Crippen molar-refractivity contribution in [3.63, 3.8) is 0 Å². The Balaban J connectivity index is 1.43. The topological polar surface area (TPSA) is 53.6 Å². The second-order valence-electron chi connectivity index (χ2n) is 7.50. The average molecular weight is 396 g/mol. The molecule has 2 amide bonds. The molecule has 0 atom stereocenters. The summed E-state index contributed by atoms with van der Waals surface area (Å²) < 4.78 is 5.64. The molecule has 0 unspecified atom stereocenters. The van der Waals surface area contributed by atoms with Crippen LogP contribution in [0, 0.1) is 0 Å². The molecule has 29 heavy (non-hydrogen) atoms. The smallest absolute Gasteiger partial charge is 0.319 e. The second-order valence-corrected chi connectivity index (χ2v) is 7.50. The minimum absolute atomic E-state index is 0.181. The monoisotopic (exact) mass is 395 g/mol. The molecule has 156 valence electrons. The highest BCUT2D eigenvalue weighted by atomic mass is 16.5. The van der Waals surface area contributed by atoms with E-state index in [0.717, 1.165) is 56.8 Å². The maximum Gasteiger partial charge on any atom is 0.319 e. The van der Waals surface area contributed by atoms with Crippen LogP contribution in [0.4, 0.5) is 16.2 Å². The van der Waals surface area contributed by atoms with Crippen molar-refractivity contribution in [1.82, 2.24) is 5.32 Å². The number of rotatable bonds is 9. The molecule has 1 heterocycles. The lowest BCUT2D eigenvalue weighted by Gasteiger charge is -2.30. The van der Waals surface area contributed by atoms with E-state index in [1.54, 1.807) is 0 Å². The molecule has 2 N–H and O–H groups in total. The SMILES string of the molecule is CCCCOc1ccc(NC(=O)NCCc2ccc3c(c2)CCCN3CC)cc1. The van der Waals surface area contributed by atoms with Gasteiger partial charge in [0, 0.05) is 31.0 Å². The average Bonchev–Trinajstić information content (AvgIpc) is 2.74. The zero-order valence-corrected chi connectivity index (χ0v) is 17.7. The lowest BCUT2D eigenvalue weighted by molar-refractivity contribution is 0.252. The Bertz CT molecular complexity index is 789. The molecular formula is C24H33N3O2. The summed E-state index contributed by atoms with van der Waals surface area (Å²) in [7, 11) is 0. The van der Waals surface area contributed by atoms with E-state index in [1.165, 1.54) is 23.2 Å². The number of ether oxygens (including phenoxy) is 1. The lowest BCUT2D eigenvalue weighted by atomic mass is 9.98. The van der Waals surface area contributed by atoms with Crippen molar-refractivity contribution in [1.29, 1.82) is 0 Å². The van der Waals surface area contributed by atoms with Crippen LogP contribution in [0.5, 0.6) is 5.75 Å². The summed E-state index contributed by atoms with van der Waals surface area (Å²) in [5, 5.41) is 5.82. The molecule has 0 radical (unpaired) electrons. The Labute approximate surface area is 174 Å². The number of anilines is 2. The normalized spacial score (nSPS) is 13.0. The van der Waals surface area contributed by atoms with Gasteiger partial charge in [0.2, 0.25) is 0 Å². The molecule has 0 bridgehead atoms. The summed E-state index contributed by atoms with van der Waals surface area (Å²) in [6, 6.07) is 14.0. The van der Waals surface area contributed by atoms with E-state index in [9.17, 15) is 4.79 Å². The van der Waals surface area contributed by atoms with Gasteiger partial charge >= 0.3 is 6.03 Å². The van der Waals surface area contributed by atoms with Crippen molar-refractivity contribution in [2.75, 3.05) is 36.5 Å². The fraction of sp³-hybridized carbons (Fsp3) is 0.458. The van der Waals surface area contributed by atoms with Gasteiger partial charge in [0.1, 0.15) is 5.75 Å². The van der Waals surface area contributed by atoms with Crippen LogP contribution in [0.1, 0.15) is 44.2 Å². The maximum absolute atomic E-state index is 12.2. The third-order valence-electron chi connectivity index (χ3n) is 5.32. The van der Waals surface area contributed by atoms with Crippen LogP contribution < -0.4 is 20.3 Å². The van der Waals surface area contributed by atoms with Crippen molar-refractivity contribution in [2.45, 2.75) is 46.0 Å². The Morgan fingerprint density at radius 1 is 1.14 bits per heavy atom. The largest absolute Gasteiger partial charge is 0.494 e. The van der Waals surface area contributed by atoms with Crippen molar-refractivity contribution in [3.05, 3.63) is 53.6 Å². The van der Waals surface area contributed by atoms with Gasteiger partial charge in [-0.05, 0) is 74.1 Å². The zero-order valence-electron chi connectivity index (χ0n) is 17.7. The molecule has 0 aliphatic carbocycles. The predicted octanol–water partition coefficient (Wildman–Crippen LogP) is 5.00. The first-order chi connectivity index (χ1) is 14.2. The maximum atomic E-state index is 12.2. The number of aryl methyl sites for hydroxylation is 1. The van der Waals surface area contributed by atoms with E-state index in [0.29, 0.717) is 6.54 Å². The van der Waals surface area contributed by atoms with Crippen LogP contribution in [0.15, 0.2) is 42.5 Å². The van der Waals surface area contributed by atoms with E-state index in [1.807, 2.05) is 24.3 Å². The number of nitrogens with one attached hydrogen (secondary N) is 2. The summed E-state index contributed by atoms with van der Waals surface area (Å²) in [5.74, 6) is 0.832. The number of carbonyl (C=O) groups excluding carboxylic acids is 1. The highest BCUT2D eigenvalue weighted by Gasteiger charge is 2.15. The summed E-state index contributed by atoms with van der Waals surface area (Å²) in [6.45, 7) is 7.89. The van der Waals surface area contributed by atoms with Crippen molar-refractivity contribution in [3.8, 4) is 5.75 Å². The molecule has 0 spiro atoms. The third-order valence-corrected chi connectivity index (χ3v) is 5.32. The number of fused-ring (bicyclic) bond motifs is 1. The molecule has 3 rings (SSSR count). The summed E-state index contributed by atoms with van der Waals surface area (Å²) in [5.41, 5.74) is 4.84. The number of hydrogen-bond donors (Lipinski definition) is 2. The molecule has 0 fully saturated rings. The van der Waals surface area contributed by atoms with Crippen LogP contribution >= 0.6 is 0 Å². The van der Waals surface area contributed by atoms with Gasteiger partial charge in [-0.3, -0.25) is 0 Å². The second kappa shape index (κ2) is 10.7. The van der Waals surface area contributed by atoms with E-state index in [4.69, 9.17) is 4.74 Å². The molecule has 2 aromatic carbocycles. The van der Waals surface area contributed by atoms with Crippen LogP contribution in [-0.2, 0) is 12.8 Å². The first kappa shape index (κ1) is 21.0. The van der Waals surface area contributed by atoms with Crippen LogP contribution in [-0.4, -0.2) is 32.3 Å². The Kier molecular flexibility index (Phi) is 7.79. The Hall–Kier alpha value is -2.69. The van der Waals surface area contributed by atoms with Crippen molar-refractivity contribution >= 4 is 17.4 Å². The predicted molar refractivity (Wildman–Crippen MR) is 120 cm³/mol. The lowest BCUT2D eigenvalue weighted by Crippen LogP contribution is -2.30. The van der Waals surface area contributed by atoms with E-state index in [-0.39, 0.29) is 6.03 Å². The number of unbranched alkanes of at least 4 members (excludes halogenated alkanes) is 1. The standard InChI is InChI=1S/C24H33N3O2/c1-3-5-17-29-22-11-9-21(10-12-22)26-24(28)25-15-14-19-8-13-23-20(18-19)7-6-16-27(23)4-2/h8-13,18H,3-7,14-17H2,1-2H3,(H2,25,26,28). The molecule has 5 heteroatoms. The van der Waals surface area contributed by atoms with Crippen molar-refractivity contribution < 1.29 is 9.53 Å². The molecule has 1 aliphatic rings. The van der Waals surface area contributed by atoms with E-state index >= 15 is 0 Å². The fourth-order valence-corrected chi connectivity index (χ4v) is 3.68. The zero-order chi connectivity index (χ0) is 20.5. The summed E-state index contributed by atoms with van der Waals surface area (Å²) >= 11 is 0. The van der Waals surface area contributed by atoms with Gasteiger partial charge in [-0.15, -0.1) is 0 Å². The molecule has 1 aliphatic heterocycles. The van der Waals surface area contributed by atoms with Gasteiger partial charge in [-0.2, -0.15) is 0 Å². The number of benzene rings is 2. The molecule has 5 nitrogen and oxygen atoms in total.